The van der Waals surface area contributed by atoms with Crippen molar-refractivity contribution in [1.29, 1.82) is 5.26 Å². The van der Waals surface area contributed by atoms with Gasteiger partial charge in [-0.1, -0.05) is 6.92 Å². The first-order valence-corrected chi connectivity index (χ1v) is 5.81. The summed E-state index contributed by atoms with van der Waals surface area (Å²) >= 11 is 0. The summed E-state index contributed by atoms with van der Waals surface area (Å²) in [6.45, 7) is 8.03. The molecule has 4 nitrogen and oxygen atoms in total. The Hall–Kier alpha value is -0.630. The highest BCUT2D eigenvalue weighted by Crippen LogP contribution is 2.12. The van der Waals surface area contributed by atoms with Crippen molar-refractivity contribution >= 4 is 0 Å². The first-order valence-electron chi connectivity index (χ1n) is 5.81. The summed E-state index contributed by atoms with van der Waals surface area (Å²) in [5.74, 6) is 0. The molecule has 0 aromatic heterocycles. The second-order valence-electron chi connectivity index (χ2n) is 4.42. The number of nitriles is 1. The number of hydrogen-bond donors (Lipinski definition) is 1. The molecule has 0 aliphatic rings. The van der Waals surface area contributed by atoms with Gasteiger partial charge in [0.1, 0.15) is 6.04 Å². The maximum atomic E-state index is 8.84. The average Bonchev–Trinajstić information content (AvgIpc) is 2.28. The third-order valence-corrected chi connectivity index (χ3v) is 2.48. The van der Waals surface area contributed by atoms with E-state index in [1.807, 2.05) is 13.8 Å². The maximum Gasteiger partial charge on any atom is 0.119 e. The van der Waals surface area contributed by atoms with E-state index in [2.05, 4.69) is 18.3 Å². The fourth-order valence-corrected chi connectivity index (χ4v) is 1.08. The van der Waals surface area contributed by atoms with Crippen LogP contribution in [0.2, 0.25) is 0 Å². The fourth-order valence-electron chi connectivity index (χ4n) is 1.08. The SMILES string of the molecule is CCCNC(C#N)COCCC(C)(C)OC. The van der Waals surface area contributed by atoms with E-state index >= 15 is 0 Å². The van der Waals surface area contributed by atoms with E-state index in [1.165, 1.54) is 0 Å². The van der Waals surface area contributed by atoms with Crippen molar-refractivity contribution in [2.75, 3.05) is 26.9 Å². The largest absolute Gasteiger partial charge is 0.379 e. The Balaban J connectivity index is 3.60. The Bertz CT molecular complexity index is 212. The van der Waals surface area contributed by atoms with Crippen molar-refractivity contribution < 1.29 is 9.47 Å². The minimum absolute atomic E-state index is 0.154. The van der Waals surface area contributed by atoms with E-state index in [9.17, 15) is 0 Å². The Labute approximate surface area is 98.9 Å². The minimum atomic E-state index is -0.203. The van der Waals surface area contributed by atoms with Gasteiger partial charge in [0.15, 0.2) is 0 Å². The van der Waals surface area contributed by atoms with E-state index in [0.29, 0.717) is 13.2 Å². The zero-order chi connectivity index (χ0) is 12.4. The summed E-state index contributed by atoms with van der Waals surface area (Å²) in [5, 5.41) is 12.0. The van der Waals surface area contributed by atoms with Crippen LogP contribution < -0.4 is 5.32 Å². The van der Waals surface area contributed by atoms with E-state index in [-0.39, 0.29) is 11.6 Å². The summed E-state index contributed by atoms with van der Waals surface area (Å²) in [6, 6.07) is 1.98. The van der Waals surface area contributed by atoms with Crippen molar-refractivity contribution in [1.82, 2.24) is 5.32 Å². The molecule has 0 fully saturated rings. The lowest BCUT2D eigenvalue weighted by molar-refractivity contribution is -0.0109. The summed E-state index contributed by atoms with van der Waals surface area (Å²) < 4.78 is 10.7. The van der Waals surface area contributed by atoms with Crippen LogP contribution in [0, 0.1) is 11.3 Å². The van der Waals surface area contributed by atoms with Gasteiger partial charge in [-0.2, -0.15) is 5.26 Å². The lowest BCUT2D eigenvalue weighted by atomic mass is 10.1. The Morgan fingerprint density at radius 1 is 1.44 bits per heavy atom. The zero-order valence-corrected chi connectivity index (χ0v) is 10.9. The van der Waals surface area contributed by atoms with Gasteiger partial charge in [-0.15, -0.1) is 0 Å². The molecule has 0 heterocycles. The normalized spacial score (nSPS) is 13.4. The molecule has 0 radical (unpaired) electrons. The van der Waals surface area contributed by atoms with Crippen LogP contribution >= 0.6 is 0 Å². The van der Waals surface area contributed by atoms with Gasteiger partial charge in [0.05, 0.1) is 18.3 Å². The highest BCUT2D eigenvalue weighted by molar-refractivity contribution is 4.89. The van der Waals surface area contributed by atoms with Crippen molar-refractivity contribution in [3.63, 3.8) is 0 Å². The second-order valence-corrected chi connectivity index (χ2v) is 4.42. The molecule has 1 atom stereocenters. The molecule has 16 heavy (non-hydrogen) atoms. The lowest BCUT2D eigenvalue weighted by Gasteiger charge is -2.22. The summed E-state index contributed by atoms with van der Waals surface area (Å²) in [6.07, 6.45) is 1.85. The molecular weight excluding hydrogens is 204 g/mol. The Morgan fingerprint density at radius 2 is 2.12 bits per heavy atom. The smallest absolute Gasteiger partial charge is 0.119 e. The molecule has 0 saturated carbocycles. The summed E-state index contributed by atoms with van der Waals surface area (Å²) in [5.41, 5.74) is -0.154. The van der Waals surface area contributed by atoms with E-state index < -0.39 is 0 Å². The number of methoxy groups -OCH3 is 1. The summed E-state index contributed by atoms with van der Waals surface area (Å²) in [7, 11) is 1.70. The molecule has 0 aliphatic heterocycles. The highest BCUT2D eigenvalue weighted by Gasteiger charge is 2.16. The van der Waals surface area contributed by atoms with Gasteiger partial charge in [0.25, 0.3) is 0 Å². The molecule has 0 aromatic carbocycles. The van der Waals surface area contributed by atoms with Crippen LogP contribution in [-0.2, 0) is 9.47 Å². The van der Waals surface area contributed by atoms with Crippen LogP contribution in [0.15, 0.2) is 0 Å². The standard InChI is InChI=1S/C12H24N2O2/c1-5-7-14-11(9-13)10-16-8-6-12(2,3)15-4/h11,14H,5-8,10H2,1-4H3. The molecule has 0 saturated heterocycles. The van der Waals surface area contributed by atoms with Gasteiger partial charge in [0.2, 0.25) is 0 Å². The van der Waals surface area contributed by atoms with E-state index in [4.69, 9.17) is 14.7 Å². The second kappa shape index (κ2) is 8.51. The molecule has 0 spiro atoms. The van der Waals surface area contributed by atoms with Gasteiger partial charge in [-0.3, -0.25) is 0 Å². The van der Waals surface area contributed by atoms with Crippen LogP contribution in [0.4, 0.5) is 0 Å². The molecule has 0 aromatic rings. The maximum absolute atomic E-state index is 8.84. The fraction of sp³-hybridized carbons (Fsp3) is 0.917. The van der Waals surface area contributed by atoms with Gasteiger partial charge in [-0.25, -0.2) is 0 Å². The van der Waals surface area contributed by atoms with E-state index in [1.54, 1.807) is 7.11 Å². The van der Waals surface area contributed by atoms with Gasteiger partial charge in [0, 0.05) is 13.7 Å². The Morgan fingerprint density at radius 3 is 2.62 bits per heavy atom. The molecule has 0 aliphatic carbocycles. The lowest BCUT2D eigenvalue weighted by Crippen LogP contribution is -2.33. The number of ether oxygens (including phenoxy) is 2. The number of nitrogens with one attached hydrogen (secondary N) is 1. The molecule has 0 bridgehead atoms. The zero-order valence-electron chi connectivity index (χ0n) is 10.9. The van der Waals surface area contributed by atoms with Gasteiger partial charge >= 0.3 is 0 Å². The van der Waals surface area contributed by atoms with Crippen LogP contribution in [0.1, 0.15) is 33.6 Å². The molecule has 4 heteroatoms. The molecule has 1 N–H and O–H groups in total. The van der Waals surface area contributed by atoms with Crippen LogP contribution in [0.5, 0.6) is 0 Å². The van der Waals surface area contributed by atoms with E-state index in [0.717, 1.165) is 19.4 Å². The highest BCUT2D eigenvalue weighted by atomic mass is 16.5. The minimum Gasteiger partial charge on any atom is -0.379 e. The quantitative estimate of drug-likeness (QED) is 0.610. The monoisotopic (exact) mass is 228 g/mol. The third kappa shape index (κ3) is 7.63. The van der Waals surface area contributed by atoms with Gasteiger partial charge < -0.3 is 14.8 Å². The predicted octanol–water partition coefficient (Wildman–Crippen LogP) is 1.71. The van der Waals surface area contributed by atoms with Crippen molar-refractivity contribution in [2.45, 2.75) is 45.3 Å². The summed E-state index contributed by atoms with van der Waals surface area (Å²) in [4.78, 5) is 0. The van der Waals surface area contributed by atoms with Crippen molar-refractivity contribution in [2.24, 2.45) is 0 Å². The van der Waals surface area contributed by atoms with Crippen LogP contribution in [-0.4, -0.2) is 38.5 Å². The molecule has 0 amide bonds. The number of hydrogen-bond acceptors (Lipinski definition) is 4. The topological polar surface area (TPSA) is 54.3 Å². The third-order valence-electron chi connectivity index (χ3n) is 2.48. The van der Waals surface area contributed by atoms with Crippen LogP contribution in [0.25, 0.3) is 0 Å². The van der Waals surface area contributed by atoms with Crippen molar-refractivity contribution in [3.8, 4) is 6.07 Å². The Kier molecular flexibility index (Phi) is 8.18. The number of rotatable bonds is 9. The van der Waals surface area contributed by atoms with Crippen molar-refractivity contribution in [3.05, 3.63) is 0 Å². The molecular formula is C12H24N2O2. The molecule has 94 valence electrons. The average molecular weight is 228 g/mol. The first-order chi connectivity index (χ1) is 7.55. The van der Waals surface area contributed by atoms with Gasteiger partial charge in [-0.05, 0) is 33.2 Å². The van der Waals surface area contributed by atoms with Crippen LogP contribution in [0.3, 0.4) is 0 Å². The number of nitrogens with zero attached hydrogens (tertiary/aromatic N) is 1. The predicted molar refractivity (Wildman–Crippen MR) is 64.2 cm³/mol. The first kappa shape index (κ1) is 15.4. The molecule has 0 rings (SSSR count). The molecule has 1 unspecified atom stereocenters.